The molecule has 0 saturated heterocycles. The van der Waals surface area contributed by atoms with E-state index in [2.05, 4.69) is 17.6 Å². The van der Waals surface area contributed by atoms with E-state index in [4.69, 9.17) is 4.74 Å². The maximum absolute atomic E-state index is 14.1. The Hall–Kier alpha value is -2.22. The zero-order valence-corrected chi connectivity index (χ0v) is 24.5. The van der Waals surface area contributed by atoms with Gasteiger partial charge in [-0.1, -0.05) is 43.5 Å². The number of aryl methyl sites for hydroxylation is 2. The molecule has 0 spiro atoms. The van der Waals surface area contributed by atoms with Gasteiger partial charge in [-0.15, -0.1) is 0 Å². The highest BCUT2D eigenvalue weighted by Gasteiger charge is 2.36. The Labute approximate surface area is 222 Å². The number of carbonyl (C=O) groups is 3. The third kappa shape index (κ3) is 10.8. The molecule has 0 aliphatic heterocycles. The average Bonchev–Trinajstić information content (AvgIpc) is 2.76. The van der Waals surface area contributed by atoms with Crippen LogP contribution in [0.5, 0.6) is 0 Å². The van der Waals surface area contributed by atoms with Crippen molar-refractivity contribution in [3.05, 3.63) is 34.9 Å². The highest BCUT2D eigenvalue weighted by Crippen LogP contribution is 2.28. The molecule has 1 rings (SSSR count). The summed E-state index contributed by atoms with van der Waals surface area (Å²) >= 11 is 1.60. The van der Waals surface area contributed by atoms with Gasteiger partial charge in [-0.05, 0) is 84.4 Å². The van der Waals surface area contributed by atoms with E-state index in [-0.39, 0.29) is 17.9 Å². The third-order valence-corrected chi connectivity index (χ3v) is 6.25. The summed E-state index contributed by atoms with van der Waals surface area (Å²) in [5.41, 5.74) is 2.08. The van der Waals surface area contributed by atoms with E-state index < -0.39 is 23.8 Å². The first-order valence-electron chi connectivity index (χ1n) is 13.0. The number of alkyl carbamates (subject to hydrolysis) is 1. The van der Waals surface area contributed by atoms with Gasteiger partial charge in [0.05, 0.1) is 0 Å². The Bertz CT molecular complexity index is 867. The minimum atomic E-state index is -0.798. The van der Waals surface area contributed by atoms with E-state index in [9.17, 15) is 14.4 Å². The van der Waals surface area contributed by atoms with Crippen molar-refractivity contribution in [2.24, 2.45) is 0 Å². The van der Waals surface area contributed by atoms with Crippen LogP contribution in [-0.4, -0.2) is 59.0 Å². The molecule has 2 unspecified atom stereocenters. The van der Waals surface area contributed by atoms with Crippen molar-refractivity contribution in [1.82, 2.24) is 15.5 Å². The summed E-state index contributed by atoms with van der Waals surface area (Å²) in [6, 6.07) is 4.30. The minimum Gasteiger partial charge on any atom is -0.444 e. The van der Waals surface area contributed by atoms with E-state index in [0.717, 1.165) is 36.0 Å². The molecule has 1 aromatic carbocycles. The Kier molecular flexibility index (Phi) is 13.4. The number of amides is 3. The smallest absolute Gasteiger partial charge is 0.408 e. The largest absolute Gasteiger partial charge is 0.444 e. The predicted molar refractivity (Wildman–Crippen MR) is 149 cm³/mol. The second-order valence-electron chi connectivity index (χ2n) is 10.6. The van der Waals surface area contributed by atoms with Crippen LogP contribution in [0, 0.1) is 13.8 Å². The number of unbranched alkanes of at least 4 members (excludes halogenated alkanes) is 2. The molecule has 2 atom stereocenters. The van der Waals surface area contributed by atoms with Crippen LogP contribution in [0.25, 0.3) is 0 Å². The van der Waals surface area contributed by atoms with Crippen LogP contribution in [0.3, 0.4) is 0 Å². The molecule has 1 aromatic rings. The number of nitrogens with zero attached hydrogens (tertiary/aromatic N) is 1. The number of ether oxygens (including phenoxy) is 1. The first-order chi connectivity index (χ1) is 16.8. The Morgan fingerprint density at radius 1 is 1.08 bits per heavy atom. The molecular weight excluding hydrogens is 474 g/mol. The van der Waals surface area contributed by atoms with Crippen LogP contribution in [0.2, 0.25) is 0 Å². The summed E-state index contributed by atoms with van der Waals surface area (Å²) in [5.74, 6) is 0.196. The fraction of sp³-hybridized carbons (Fsp3) is 0.679. The molecule has 7 nitrogen and oxygen atoms in total. The first-order valence-corrected chi connectivity index (χ1v) is 14.4. The van der Waals surface area contributed by atoms with Crippen LogP contribution in [0.15, 0.2) is 18.2 Å². The molecule has 8 heteroatoms. The van der Waals surface area contributed by atoms with Crippen LogP contribution >= 0.6 is 11.8 Å². The quantitative estimate of drug-likeness (QED) is 0.333. The topological polar surface area (TPSA) is 87.7 Å². The van der Waals surface area contributed by atoms with E-state index in [1.165, 1.54) is 0 Å². The summed E-state index contributed by atoms with van der Waals surface area (Å²) in [6.07, 6.45) is 4.45. The molecule has 0 fully saturated rings. The van der Waals surface area contributed by atoms with Gasteiger partial charge in [0.2, 0.25) is 11.8 Å². The van der Waals surface area contributed by atoms with E-state index in [0.29, 0.717) is 18.7 Å². The number of benzene rings is 1. The highest BCUT2D eigenvalue weighted by molar-refractivity contribution is 7.98. The zero-order valence-electron chi connectivity index (χ0n) is 23.7. The van der Waals surface area contributed by atoms with Crippen LogP contribution in [0.4, 0.5) is 4.79 Å². The molecule has 0 aromatic heterocycles. The van der Waals surface area contributed by atoms with Gasteiger partial charge in [0.1, 0.15) is 17.7 Å². The lowest BCUT2D eigenvalue weighted by Gasteiger charge is -2.35. The second kappa shape index (κ2) is 15.1. The molecule has 36 heavy (non-hydrogen) atoms. The van der Waals surface area contributed by atoms with Crippen LogP contribution in [-0.2, 0) is 14.3 Å². The summed E-state index contributed by atoms with van der Waals surface area (Å²) in [4.78, 5) is 42.0. The summed E-state index contributed by atoms with van der Waals surface area (Å²) in [7, 11) is 0. The van der Waals surface area contributed by atoms with Crippen molar-refractivity contribution in [3.8, 4) is 0 Å². The molecule has 0 radical (unpaired) electrons. The van der Waals surface area contributed by atoms with Gasteiger partial charge in [-0.2, -0.15) is 11.8 Å². The predicted octanol–water partition coefficient (Wildman–Crippen LogP) is 5.53. The number of hydrogen-bond acceptors (Lipinski definition) is 5. The molecule has 0 heterocycles. The molecule has 0 aliphatic carbocycles. The first kappa shape index (κ1) is 31.8. The van der Waals surface area contributed by atoms with Crippen molar-refractivity contribution in [3.63, 3.8) is 0 Å². The zero-order chi connectivity index (χ0) is 27.5. The fourth-order valence-corrected chi connectivity index (χ4v) is 4.38. The summed E-state index contributed by atoms with van der Waals surface area (Å²) in [6.45, 7) is 15.6. The van der Waals surface area contributed by atoms with Crippen molar-refractivity contribution < 1.29 is 19.1 Å². The summed E-state index contributed by atoms with van der Waals surface area (Å²) in [5, 5.41) is 5.81. The maximum Gasteiger partial charge on any atom is 0.408 e. The minimum absolute atomic E-state index is 0.0788. The normalized spacial score (nSPS) is 13.2. The van der Waals surface area contributed by atoms with E-state index in [1.807, 2.05) is 52.1 Å². The number of nitrogens with one attached hydrogen (secondary N) is 2. The number of thioether (sulfide) groups is 1. The highest BCUT2D eigenvalue weighted by atomic mass is 32.2. The summed E-state index contributed by atoms with van der Waals surface area (Å²) < 4.78 is 5.45. The lowest BCUT2D eigenvalue weighted by molar-refractivity contribution is -0.142. The maximum atomic E-state index is 14.1. The number of rotatable bonds is 13. The Balaban J connectivity index is 3.52. The number of carbonyl (C=O) groups excluding carboxylic acids is 3. The lowest BCUT2D eigenvalue weighted by Crippen LogP contribution is -2.54. The monoisotopic (exact) mass is 521 g/mol. The molecule has 2 N–H and O–H groups in total. The molecule has 3 amide bonds. The van der Waals surface area contributed by atoms with Crippen molar-refractivity contribution in [2.75, 3.05) is 18.6 Å². The SMILES string of the molecule is CCCCCN(C(=O)C(CCSC)NC(=O)OC(C)(C)C)C(C(=O)NC(C)C)c1cc(C)ccc1C. The van der Waals surface area contributed by atoms with Crippen molar-refractivity contribution in [1.29, 1.82) is 0 Å². The van der Waals surface area contributed by atoms with Gasteiger partial charge >= 0.3 is 6.09 Å². The standard InChI is InChI=1S/C28H47N3O4S/c1-10-11-12-16-31(26(33)23(15-17-36-9)30-27(34)35-28(6,7)8)24(25(32)29-19(2)3)22-18-20(4)13-14-21(22)5/h13-14,18-19,23-24H,10-12,15-17H2,1-9H3,(H,29,32)(H,30,34). The Morgan fingerprint density at radius 2 is 1.75 bits per heavy atom. The molecule has 0 saturated carbocycles. The van der Waals surface area contributed by atoms with Crippen LogP contribution < -0.4 is 10.6 Å². The van der Waals surface area contributed by atoms with Crippen LogP contribution in [0.1, 0.15) is 90.0 Å². The van der Waals surface area contributed by atoms with Crippen molar-refractivity contribution in [2.45, 2.75) is 105 Å². The van der Waals surface area contributed by atoms with Gasteiger partial charge < -0.3 is 20.3 Å². The lowest BCUT2D eigenvalue weighted by atomic mass is 9.95. The Morgan fingerprint density at radius 3 is 2.31 bits per heavy atom. The average molecular weight is 522 g/mol. The number of hydrogen-bond donors (Lipinski definition) is 2. The molecule has 0 bridgehead atoms. The van der Waals surface area contributed by atoms with Gasteiger partial charge in [-0.25, -0.2) is 4.79 Å². The van der Waals surface area contributed by atoms with Gasteiger partial charge in [-0.3, -0.25) is 9.59 Å². The molecule has 0 aliphatic rings. The van der Waals surface area contributed by atoms with Gasteiger partial charge in [0.15, 0.2) is 0 Å². The molecular formula is C28H47N3O4S. The van der Waals surface area contributed by atoms with Gasteiger partial charge in [0, 0.05) is 12.6 Å². The van der Waals surface area contributed by atoms with E-state index in [1.54, 1.807) is 37.4 Å². The second-order valence-corrected chi connectivity index (χ2v) is 11.6. The van der Waals surface area contributed by atoms with Gasteiger partial charge in [0.25, 0.3) is 0 Å². The molecule has 204 valence electrons. The fourth-order valence-electron chi connectivity index (χ4n) is 3.91. The van der Waals surface area contributed by atoms with E-state index >= 15 is 0 Å². The van der Waals surface area contributed by atoms with Crippen molar-refractivity contribution >= 4 is 29.7 Å². The third-order valence-electron chi connectivity index (χ3n) is 5.61.